The van der Waals surface area contributed by atoms with Gasteiger partial charge in [0.25, 0.3) is 0 Å². The fourth-order valence-electron chi connectivity index (χ4n) is 2.03. The van der Waals surface area contributed by atoms with Crippen LogP contribution in [0.3, 0.4) is 0 Å². The molecule has 0 bridgehead atoms. The van der Waals surface area contributed by atoms with E-state index in [1.807, 2.05) is 47.2 Å². The van der Waals surface area contributed by atoms with Crippen LogP contribution in [-0.2, 0) is 4.79 Å². The highest BCUT2D eigenvalue weighted by Gasteiger charge is 2.12. The molecule has 0 aliphatic heterocycles. The van der Waals surface area contributed by atoms with Crippen molar-refractivity contribution < 1.29 is 9.90 Å². The van der Waals surface area contributed by atoms with Crippen molar-refractivity contribution in [3.8, 4) is 11.3 Å². The molecule has 2 heterocycles. The molecule has 1 aromatic carbocycles. The van der Waals surface area contributed by atoms with Crippen LogP contribution in [0.25, 0.3) is 22.3 Å². The molecule has 0 N–H and O–H groups in total. The molecule has 3 aromatic rings. The molecule has 0 unspecified atom stereocenters. The van der Waals surface area contributed by atoms with Crippen molar-refractivity contribution in [3.63, 3.8) is 0 Å². The summed E-state index contributed by atoms with van der Waals surface area (Å²) in [6.07, 6.45) is 4.43. The van der Waals surface area contributed by atoms with E-state index >= 15 is 0 Å². The van der Waals surface area contributed by atoms with Gasteiger partial charge in [-0.15, -0.1) is 11.3 Å². The van der Waals surface area contributed by atoms with Gasteiger partial charge in [-0.2, -0.15) is 0 Å². The van der Waals surface area contributed by atoms with Crippen molar-refractivity contribution >= 4 is 28.3 Å². The highest BCUT2D eigenvalue weighted by Crippen LogP contribution is 2.27. The van der Waals surface area contributed by atoms with Gasteiger partial charge in [0, 0.05) is 17.1 Å². The van der Waals surface area contributed by atoms with Crippen molar-refractivity contribution in [1.29, 1.82) is 0 Å². The zero-order valence-corrected chi connectivity index (χ0v) is 11.6. The van der Waals surface area contributed by atoms with Gasteiger partial charge >= 0.3 is 0 Å². The SMILES string of the molecule is Cc1ccc(-c2nc3sccn3c2/C=C/C(=O)[O-])cc1. The van der Waals surface area contributed by atoms with E-state index in [0.29, 0.717) is 0 Å². The fourth-order valence-corrected chi connectivity index (χ4v) is 2.75. The Morgan fingerprint density at radius 1 is 1.35 bits per heavy atom. The topological polar surface area (TPSA) is 57.4 Å². The average Bonchev–Trinajstić information content (AvgIpc) is 2.98. The first kappa shape index (κ1) is 12.6. The molecule has 0 fully saturated rings. The van der Waals surface area contributed by atoms with Crippen LogP contribution in [-0.4, -0.2) is 15.4 Å². The standard InChI is InChI=1S/C15H12N2O2S/c1-10-2-4-11(5-3-10)14-12(6-7-13(18)19)17-8-9-20-15(17)16-14/h2-9H,1H3,(H,18,19)/p-1/b7-6+. The van der Waals surface area contributed by atoms with Crippen LogP contribution in [0, 0.1) is 6.92 Å². The first-order valence-corrected chi connectivity index (χ1v) is 6.95. The number of imidazole rings is 1. The fraction of sp³-hybridized carbons (Fsp3) is 0.0667. The van der Waals surface area contributed by atoms with Gasteiger partial charge in [-0.3, -0.25) is 4.40 Å². The highest BCUT2D eigenvalue weighted by molar-refractivity contribution is 7.15. The minimum atomic E-state index is -1.22. The Hall–Kier alpha value is -2.40. The van der Waals surface area contributed by atoms with Gasteiger partial charge in [-0.25, -0.2) is 4.98 Å². The van der Waals surface area contributed by atoms with Crippen LogP contribution in [0.2, 0.25) is 0 Å². The second-order valence-electron chi connectivity index (χ2n) is 4.42. The number of aromatic nitrogens is 2. The molecule has 20 heavy (non-hydrogen) atoms. The lowest BCUT2D eigenvalue weighted by atomic mass is 10.1. The summed E-state index contributed by atoms with van der Waals surface area (Å²) in [5, 5.41) is 12.6. The van der Waals surface area contributed by atoms with E-state index in [1.54, 1.807) is 0 Å². The summed E-state index contributed by atoms with van der Waals surface area (Å²) in [5.74, 6) is -1.22. The summed E-state index contributed by atoms with van der Waals surface area (Å²) in [7, 11) is 0. The van der Waals surface area contributed by atoms with Crippen molar-refractivity contribution in [2.75, 3.05) is 0 Å². The van der Waals surface area contributed by atoms with Crippen molar-refractivity contribution in [3.05, 3.63) is 53.2 Å². The number of hydrogen-bond donors (Lipinski definition) is 0. The first-order valence-electron chi connectivity index (χ1n) is 6.07. The van der Waals surface area contributed by atoms with Gasteiger partial charge in [0.2, 0.25) is 0 Å². The summed E-state index contributed by atoms with van der Waals surface area (Å²) in [6, 6.07) is 7.99. The normalized spacial score (nSPS) is 11.4. The Morgan fingerprint density at radius 3 is 2.80 bits per heavy atom. The Bertz CT molecular complexity index is 797. The predicted molar refractivity (Wildman–Crippen MR) is 77.3 cm³/mol. The summed E-state index contributed by atoms with van der Waals surface area (Å²) in [6.45, 7) is 2.02. The van der Waals surface area contributed by atoms with E-state index < -0.39 is 5.97 Å². The molecule has 4 nitrogen and oxygen atoms in total. The van der Waals surface area contributed by atoms with E-state index in [1.165, 1.54) is 23.0 Å². The van der Waals surface area contributed by atoms with Crippen molar-refractivity contribution in [2.24, 2.45) is 0 Å². The number of aliphatic carboxylic acids is 1. The molecule has 0 saturated carbocycles. The molecule has 3 rings (SSSR count). The third-order valence-electron chi connectivity index (χ3n) is 3.00. The number of rotatable bonds is 3. The van der Waals surface area contributed by atoms with Crippen LogP contribution in [0.1, 0.15) is 11.3 Å². The Balaban J connectivity index is 2.18. The lowest BCUT2D eigenvalue weighted by Crippen LogP contribution is -2.18. The van der Waals surface area contributed by atoms with Crippen LogP contribution in [0.15, 0.2) is 41.9 Å². The molecule has 0 saturated heterocycles. The minimum absolute atomic E-state index is 0.745. The maximum atomic E-state index is 10.6. The van der Waals surface area contributed by atoms with Gasteiger partial charge in [-0.05, 0) is 19.1 Å². The highest BCUT2D eigenvalue weighted by atomic mass is 32.1. The molecular weight excluding hydrogens is 272 g/mol. The van der Waals surface area contributed by atoms with E-state index in [9.17, 15) is 9.90 Å². The molecule has 0 aliphatic carbocycles. The third kappa shape index (κ3) is 2.23. The second-order valence-corrected chi connectivity index (χ2v) is 5.29. The number of aryl methyl sites for hydroxylation is 1. The third-order valence-corrected chi connectivity index (χ3v) is 3.76. The molecule has 2 aromatic heterocycles. The van der Waals surface area contributed by atoms with Gasteiger partial charge < -0.3 is 9.90 Å². The van der Waals surface area contributed by atoms with Crippen LogP contribution in [0.5, 0.6) is 0 Å². The zero-order chi connectivity index (χ0) is 14.1. The lowest BCUT2D eigenvalue weighted by Gasteiger charge is -2.01. The number of carbonyl (C=O) groups is 1. The Labute approximate surface area is 119 Å². The van der Waals surface area contributed by atoms with E-state index in [-0.39, 0.29) is 0 Å². The van der Waals surface area contributed by atoms with Crippen molar-refractivity contribution in [2.45, 2.75) is 6.92 Å². The molecule has 100 valence electrons. The van der Waals surface area contributed by atoms with Crippen molar-refractivity contribution in [1.82, 2.24) is 9.38 Å². The molecule has 0 atom stereocenters. The number of thiazole rings is 1. The van der Waals surface area contributed by atoms with Crippen LogP contribution in [0.4, 0.5) is 0 Å². The zero-order valence-electron chi connectivity index (χ0n) is 10.7. The number of nitrogens with zero attached hydrogens (tertiary/aromatic N) is 2. The molecule has 0 radical (unpaired) electrons. The van der Waals surface area contributed by atoms with Gasteiger partial charge in [0.05, 0.1) is 17.4 Å². The van der Waals surface area contributed by atoms with E-state index in [2.05, 4.69) is 4.98 Å². The largest absolute Gasteiger partial charge is 0.545 e. The van der Waals surface area contributed by atoms with Crippen LogP contribution >= 0.6 is 11.3 Å². The monoisotopic (exact) mass is 283 g/mol. The number of fused-ring (bicyclic) bond motifs is 1. The second kappa shape index (κ2) is 4.94. The Kier molecular flexibility index (Phi) is 3.12. The summed E-state index contributed by atoms with van der Waals surface area (Å²) in [5.41, 5.74) is 3.65. The smallest absolute Gasteiger partial charge is 0.194 e. The Morgan fingerprint density at radius 2 is 2.10 bits per heavy atom. The molecule has 0 aliphatic rings. The minimum Gasteiger partial charge on any atom is -0.545 e. The molecule has 0 spiro atoms. The lowest BCUT2D eigenvalue weighted by molar-refractivity contribution is -0.297. The molecule has 5 heteroatoms. The number of benzene rings is 1. The van der Waals surface area contributed by atoms with Gasteiger partial charge in [-0.1, -0.05) is 29.8 Å². The summed E-state index contributed by atoms with van der Waals surface area (Å²) < 4.78 is 1.87. The summed E-state index contributed by atoms with van der Waals surface area (Å²) >= 11 is 1.51. The number of hydrogen-bond acceptors (Lipinski definition) is 4. The quantitative estimate of drug-likeness (QED) is 0.692. The number of carboxylic acid groups (broad SMARTS) is 1. The summed E-state index contributed by atoms with van der Waals surface area (Å²) in [4.78, 5) is 16.0. The predicted octanol–water partition coefficient (Wildman–Crippen LogP) is 2.13. The first-order chi connectivity index (χ1) is 9.65. The van der Waals surface area contributed by atoms with Crippen LogP contribution < -0.4 is 5.11 Å². The number of carboxylic acids is 1. The van der Waals surface area contributed by atoms with E-state index in [0.717, 1.165) is 28.0 Å². The maximum absolute atomic E-state index is 10.6. The molecule has 0 amide bonds. The number of carbonyl (C=O) groups excluding carboxylic acids is 1. The maximum Gasteiger partial charge on any atom is 0.194 e. The average molecular weight is 283 g/mol. The molecular formula is C15H11N2O2S-. The van der Waals surface area contributed by atoms with E-state index in [4.69, 9.17) is 0 Å². The van der Waals surface area contributed by atoms with Gasteiger partial charge in [0.15, 0.2) is 4.96 Å². The van der Waals surface area contributed by atoms with Gasteiger partial charge in [0.1, 0.15) is 0 Å².